The van der Waals surface area contributed by atoms with E-state index in [-0.39, 0.29) is 48.2 Å². The summed E-state index contributed by atoms with van der Waals surface area (Å²) < 4.78 is 64.1. The second-order valence-electron chi connectivity index (χ2n) is 11.2. The molecule has 2 aliphatic carbocycles. The molecule has 1 aromatic carbocycles. The van der Waals surface area contributed by atoms with Gasteiger partial charge in [-0.05, 0) is 86.3 Å². The molecule has 0 amide bonds. The number of ether oxygens (including phenoxy) is 1. The lowest BCUT2D eigenvalue weighted by molar-refractivity contribution is -0.140. The number of hydrogen-bond donors (Lipinski definition) is 3. The highest BCUT2D eigenvalue weighted by atomic mass is 31.2. The number of halogens is 3. The monoisotopic (exact) mass is 507 g/mol. The lowest BCUT2D eigenvalue weighted by Crippen LogP contribution is -2.50. The van der Waals surface area contributed by atoms with Gasteiger partial charge in [0.05, 0.1) is 12.7 Å². The first-order chi connectivity index (χ1) is 15.5. The molecule has 0 saturated heterocycles. The number of alkyl halides is 3. The van der Waals surface area contributed by atoms with E-state index >= 15 is 0 Å². The summed E-state index contributed by atoms with van der Waals surface area (Å²) in [5, 5.41) is 0. The first-order valence-corrected chi connectivity index (χ1v) is 13.4. The molecule has 1 aromatic rings. The van der Waals surface area contributed by atoms with E-state index in [4.69, 9.17) is 20.3 Å². The summed E-state index contributed by atoms with van der Waals surface area (Å²) in [6.07, 6.45) is -0.640. The second kappa shape index (κ2) is 9.74. The molecule has 1 fully saturated rings. The van der Waals surface area contributed by atoms with Crippen molar-refractivity contribution in [2.24, 2.45) is 23.0 Å². The van der Waals surface area contributed by atoms with Gasteiger partial charge in [0.15, 0.2) is 0 Å². The van der Waals surface area contributed by atoms with Crippen LogP contribution in [0.5, 0.6) is 5.75 Å². The van der Waals surface area contributed by atoms with Gasteiger partial charge in [0.2, 0.25) is 0 Å². The van der Waals surface area contributed by atoms with Gasteiger partial charge in [-0.1, -0.05) is 26.8 Å². The van der Waals surface area contributed by atoms with Crippen molar-refractivity contribution in [3.63, 3.8) is 0 Å². The van der Waals surface area contributed by atoms with Crippen molar-refractivity contribution in [3.8, 4) is 5.75 Å². The van der Waals surface area contributed by atoms with Crippen molar-refractivity contribution in [2.75, 3.05) is 6.61 Å². The third-order valence-corrected chi connectivity index (χ3v) is 8.00. The highest BCUT2D eigenvalue weighted by Crippen LogP contribution is 2.46. The van der Waals surface area contributed by atoms with Crippen molar-refractivity contribution in [1.29, 1.82) is 0 Å². The zero-order chi connectivity index (χ0) is 25.5. The van der Waals surface area contributed by atoms with Gasteiger partial charge < -0.3 is 20.3 Å². The molecule has 0 radical (unpaired) electrons. The second-order valence-corrected chi connectivity index (χ2v) is 12.5. The molecule has 6 nitrogen and oxygen atoms in total. The van der Waals surface area contributed by atoms with Crippen molar-refractivity contribution < 1.29 is 36.8 Å². The van der Waals surface area contributed by atoms with Crippen LogP contribution >= 0.6 is 7.82 Å². The smallest absolute Gasteiger partial charge is 0.469 e. The Kier molecular flexibility index (Phi) is 7.86. The zero-order valence-electron chi connectivity index (χ0n) is 20.3. The molecule has 34 heavy (non-hydrogen) atoms. The molecule has 0 heterocycles. The lowest BCUT2D eigenvalue weighted by atomic mass is 9.72. The number of fused-ring (bicyclic) bond motifs is 1. The minimum atomic E-state index is -4.69. The van der Waals surface area contributed by atoms with Gasteiger partial charge in [-0.3, -0.25) is 4.52 Å². The van der Waals surface area contributed by atoms with Crippen LogP contribution < -0.4 is 10.5 Å². The molecule has 0 unspecified atom stereocenters. The summed E-state index contributed by atoms with van der Waals surface area (Å²) in [5.74, 6) is 0.145. The highest BCUT2D eigenvalue weighted by molar-refractivity contribution is 7.46. The van der Waals surface area contributed by atoms with Gasteiger partial charge >= 0.3 is 14.0 Å². The van der Waals surface area contributed by atoms with Crippen LogP contribution in [0.4, 0.5) is 13.2 Å². The van der Waals surface area contributed by atoms with Crippen molar-refractivity contribution in [1.82, 2.24) is 0 Å². The van der Waals surface area contributed by atoms with E-state index in [0.717, 1.165) is 25.7 Å². The predicted molar refractivity (Wildman–Crippen MR) is 123 cm³/mol. The third-order valence-electron chi connectivity index (χ3n) is 7.53. The summed E-state index contributed by atoms with van der Waals surface area (Å²) in [6, 6.07) is 3.09. The fraction of sp³-hybridized carbons (Fsp3) is 0.750. The third kappa shape index (κ3) is 6.76. The Bertz CT molecular complexity index is 914. The van der Waals surface area contributed by atoms with Crippen molar-refractivity contribution in [2.45, 2.75) is 90.5 Å². The zero-order valence-corrected chi connectivity index (χ0v) is 21.2. The standard InChI is InChI=1S/C24H37F3NO5P/c1-22(2,3)16-6-9-18(10-7-16)33-20-12-5-15-13-17(23(4,28)14-32-34(29,30)31)8-11-19(15)21(20)24(25,26)27/h5,12,16-18H,6-11,13-14,28H2,1-4H3,(H2,29,30,31)/t16-,17-,18-,23-/m0/s1. The molecule has 0 spiro atoms. The molecule has 194 valence electrons. The molecule has 2 atom stereocenters. The Labute approximate surface area is 199 Å². The SMILES string of the molecule is CC(C)(C)[C@H]1CC[C@H](Oc2ccc3c(c2C(F)(F)F)CC[C@H]([C@@](C)(N)COP(=O)(O)O)C3)CC1. The fourth-order valence-corrected chi connectivity index (χ4v) is 5.82. The van der Waals surface area contributed by atoms with E-state index in [1.807, 2.05) is 0 Å². The number of phosphoric acid groups is 1. The van der Waals surface area contributed by atoms with Crippen LogP contribution in [0.2, 0.25) is 0 Å². The summed E-state index contributed by atoms with van der Waals surface area (Å²) in [5.41, 5.74) is 5.41. The van der Waals surface area contributed by atoms with Crippen molar-refractivity contribution in [3.05, 3.63) is 28.8 Å². The Morgan fingerprint density at radius 2 is 1.65 bits per heavy atom. The van der Waals surface area contributed by atoms with Crippen LogP contribution in [0.15, 0.2) is 12.1 Å². The summed E-state index contributed by atoms with van der Waals surface area (Å²) in [4.78, 5) is 18.0. The summed E-state index contributed by atoms with van der Waals surface area (Å²) in [7, 11) is -4.69. The van der Waals surface area contributed by atoms with Gasteiger partial charge in [0.1, 0.15) is 11.3 Å². The Balaban J connectivity index is 1.78. The van der Waals surface area contributed by atoms with E-state index in [1.54, 1.807) is 13.0 Å². The molecule has 10 heteroatoms. The minimum Gasteiger partial charge on any atom is -0.490 e. The molecule has 4 N–H and O–H groups in total. The van der Waals surface area contributed by atoms with Crippen LogP contribution in [-0.4, -0.2) is 28.0 Å². The average Bonchev–Trinajstić information content (AvgIpc) is 2.70. The minimum absolute atomic E-state index is 0.107. The van der Waals surface area contributed by atoms with Gasteiger partial charge in [-0.2, -0.15) is 13.2 Å². The number of benzene rings is 1. The molecule has 2 aliphatic rings. The van der Waals surface area contributed by atoms with E-state index in [0.29, 0.717) is 17.9 Å². The van der Waals surface area contributed by atoms with Gasteiger partial charge in [0.25, 0.3) is 0 Å². The molecule has 0 aromatic heterocycles. The Morgan fingerprint density at radius 1 is 1.03 bits per heavy atom. The van der Waals surface area contributed by atoms with Crippen molar-refractivity contribution >= 4 is 7.82 Å². The first-order valence-electron chi connectivity index (χ1n) is 11.8. The molecular formula is C24H37F3NO5P. The maximum Gasteiger partial charge on any atom is 0.469 e. The van der Waals surface area contributed by atoms with E-state index in [9.17, 15) is 17.7 Å². The molecule has 0 aliphatic heterocycles. The van der Waals surface area contributed by atoms with Crippen LogP contribution in [0.1, 0.15) is 76.5 Å². The van der Waals surface area contributed by atoms with Crippen LogP contribution in [0, 0.1) is 17.3 Å². The maximum atomic E-state index is 14.2. The van der Waals surface area contributed by atoms with Crippen LogP contribution in [0.3, 0.4) is 0 Å². The maximum absolute atomic E-state index is 14.2. The van der Waals surface area contributed by atoms with Crippen LogP contribution in [-0.2, 0) is 28.1 Å². The molecule has 0 bridgehead atoms. The van der Waals surface area contributed by atoms with E-state index in [1.165, 1.54) is 6.07 Å². The molecule has 1 saturated carbocycles. The number of hydrogen-bond acceptors (Lipinski definition) is 4. The highest BCUT2D eigenvalue weighted by Gasteiger charge is 2.42. The quantitative estimate of drug-likeness (QED) is 0.432. The molecule has 3 rings (SSSR count). The van der Waals surface area contributed by atoms with Gasteiger partial charge in [0, 0.05) is 5.54 Å². The van der Waals surface area contributed by atoms with Gasteiger partial charge in [-0.15, -0.1) is 0 Å². The van der Waals surface area contributed by atoms with E-state index in [2.05, 4.69) is 25.3 Å². The number of phosphoric ester groups is 1. The largest absolute Gasteiger partial charge is 0.490 e. The predicted octanol–water partition coefficient (Wildman–Crippen LogP) is 5.62. The van der Waals surface area contributed by atoms with Crippen LogP contribution in [0.25, 0.3) is 0 Å². The molecular weight excluding hydrogens is 470 g/mol. The van der Waals surface area contributed by atoms with Gasteiger partial charge in [-0.25, -0.2) is 4.57 Å². The summed E-state index contributed by atoms with van der Waals surface area (Å²) >= 11 is 0. The first kappa shape index (κ1) is 27.5. The Hall–Kier alpha value is -1.12. The number of rotatable bonds is 6. The Morgan fingerprint density at radius 3 is 2.18 bits per heavy atom. The van der Waals surface area contributed by atoms with E-state index < -0.39 is 25.1 Å². The summed E-state index contributed by atoms with van der Waals surface area (Å²) in [6.45, 7) is 7.81. The number of nitrogens with two attached hydrogens (primary N) is 1. The lowest BCUT2D eigenvalue weighted by Gasteiger charge is -2.39. The normalized spacial score (nSPS) is 26.0. The fourth-order valence-electron chi connectivity index (χ4n) is 5.37. The topological polar surface area (TPSA) is 102 Å². The average molecular weight is 508 g/mol.